The van der Waals surface area contributed by atoms with Gasteiger partial charge in [-0.05, 0) is 22.9 Å². The van der Waals surface area contributed by atoms with Gasteiger partial charge in [0.1, 0.15) is 0 Å². The zero-order valence-electron chi connectivity index (χ0n) is 11.5. The standard InChI is InChI=1S/C19H14N2/c1-3-7-16-14(5-1)9-11-20-18(16)13-19-17-8-4-2-6-15(17)10-12-21-19/h1-12H,13H2. The van der Waals surface area contributed by atoms with Crippen LogP contribution in [0.2, 0.25) is 0 Å². The van der Waals surface area contributed by atoms with Crippen molar-refractivity contribution in [3.63, 3.8) is 0 Å². The Morgan fingerprint density at radius 1 is 0.571 bits per heavy atom. The molecule has 4 aromatic rings. The van der Waals surface area contributed by atoms with Gasteiger partial charge in [-0.25, -0.2) is 0 Å². The van der Waals surface area contributed by atoms with E-state index in [1.807, 2.05) is 12.4 Å². The smallest absolute Gasteiger partial charge is 0.0541 e. The maximum atomic E-state index is 4.57. The number of aromatic nitrogens is 2. The monoisotopic (exact) mass is 270 g/mol. The normalized spacial score (nSPS) is 11.0. The number of hydrogen-bond donors (Lipinski definition) is 0. The summed E-state index contributed by atoms with van der Waals surface area (Å²) < 4.78 is 0. The number of hydrogen-bond acceptors (Lipinski definition) is 2. The van der Waals surface area contributed by atoms with Gasteiger partial charge in [-0.2, -0.15) is 0 Å². The third-order valence-electron chi connectivity index (χ3n) is 3.85. The summed E-state index contributed by atoms with van der Waals surface area (Å²) in [6.07, 6.45) is 4.51. The third kappa shape index (κ3) is 2.15. The molecule has 2 nitrogen and oxygen atoms in total. The van der Waals surface area contributed by atoms with E-state index in [0.29, 0.717) is 0 Å². The van der Waals surface area contributed by atoms with E-state index >= 15 is 0 Å². The van der Waals surface area contributed by atoms with Gasteiger partial charge in [-0.1, -0.05) is 48.5 Å². The molecule has 0 spiro atoms. The molecule has 0 radical (unpaired) electrons. The molecule has 0 N–H and O–H groups in total. The maximum absolute atomic E-state index is 4.57. The summed E-state index contributed by atoms with van der Waals surface area (Å²) >= 11 is 0. The lowest BCUT2D eigenvalue weighted by atomic mass is 10.0. The Morgan fingerprint density at radius 3 is 1.57 bits per heavy atom. The van der Waals surface area contributed by atoms with E-state index < -0.39 is 0 Å². The Morgan fingerprint density at radius 2 is 1.05 bits per heavy atom. The molecule has 2 heteroatoms. The van der Waals surface area contributed by atoms with Crippen LogP contribution in [-0.2, 0) is 6.42 Å². The molecule has 0 aliphatic rings. The van der Waals surface area contributed by atoms with Crippen LogP contribution in [0.5, 0.6) is 0 Å². The van der Waals surface area contributed by atoms with E-state index in [0.717, 1.165) is 17.8 Å². The average molecular weight is 270 g/mol. The molecule has 100 valence electrons. The summed E-state index contributed by atoms with van der Waals surface area (Å²) in [6, 6.07) is 20.8. The number of fused-ring (bicyclic) bond motifs is 2. The van der Waals surface area contributed by atoms with E-state index in [2.05, 4.69) is 70.6 Å². The van der Waals surface area contributed by atoms with E-state index in [4.69, 9.17) is 0 Å². The van der Waals surface area contributed by atoms with Crippen LogP contribution in [0.3, 0.4) is 0 Å². The van der Waals surface area contributed by atoms with Gasteiger partial charge in [0.15, 0.2) is 0 Å². The molecule has 0 atom stereocenters. The lowest BCUT2D eigenvalue weighted by molar-refractivity contribution is 1.04. The highest BCUT2D eigenvalue weighted by atomic mass is 14.7. The number of pyridine rings is 2. The molecule has 2 heterocycles. The van der Waals surface area contributed by atoms with Crippen LogP contribution in [0.1, 0.15) is 11.4 Å². The molecular weight excluding hydrogens is 256 g/mol. The first-order valence-electron chi connectivity index (χ1n) is 7.07. The fraction of sp³-hybridized carbons (Fsp3) is 0.0526. The minimum absolute atomic E-state index is 0.753. The second kappa shape index (κ2) is 4.98. The van der Waals surface area contributed by atoms with Crippen molar-refractivity contribution in [3.8, 4) is 0 Å². The van der Waals surface area contributed by atoms with Crippen LogP contribution in [0.4, 0.5) is 0 Å². The van der Waals surface area contributed by atoms with Gasteiger partial charge in [-0.15, -0.1) is 0 Å². The van der Waals surface area contributed by atoms with Crippen molar-refractivity contribution in [2.45, 2.75) is 6.42 Å². The molecule has 0 fully saturated rings. The fourth-order valence-corrected chi connectivity index (χ4v) is 2.80. The first-order valence-corrected chi connectivity index (χ1v) is 7.07. The summed E-state index contributed by atoms with van der Waals surface area (Å²) in [5.41, 5.74) is 2.16. The summed E-state index contributed by atoms with van der Waals surface area (Å²) in [6.45, 7) is 0. The number of nitrogens with zero attached hydrogens (tertiary/aromatic N) is 2. The Hall–Kier alpha value is -2.74. The van der Waals surface area contributed by atoms with E-state index in [1.165, 1.54) is 21.5 Å². The Labute approximate surface area is 123 Å². The molecule has 0 aliphatic carbocycles. The van der Waals surface area contributed by atoms with Gasteiger partial charge in [0.25, 0.3) is 0 Å². The molecule has 0 saturated heterocycles. The van der Waals surface area contributed by atoms with Crippen molar-refractivity contribution in [1.29, 1.82) is 0 Å². The quantitative estimate of drug-likeness (QED) is 0.540. The molecule has 2 aromatic carbocycles. The molecule has 0 aliphatic heterocycles. The molecule has 0 unspecified atom stereocenters. The highest BCUT2D eigenvalue weighted by Gasteiger charge is 2.07. The maximum Gasteiger partial charge on any atom is 0.0541 e. The summed E-state index contributed by atoms with van der Waals surface area (Å²) in [4.78, 5) is 9.14. The second-order valence-corrected chi connectivity index (χ2v) is 5.13. The minimum Gasteiger partial charge on any atom is -0.260 e. The van der Waals surface area contributed by atoms with Crippen molar-refractivity contribution in [1.82, 2.24) is 9.97 Å². The molecule has 0 amide bonds. The van der Waals surface area contributed by atoms with E-state index in [9.17, 15) is 0 Å². The predicted molar refractivity (Wildman–Crippen MR) is 86.3 cm³/mol. The van der Waals surface area contributed by atoms with Gasteiger partial charge < -0.3 is 0 Å². The Bertz CT molecular complexity index is 841. The average Bonchev–Trinajstić information content (AvgIpc) is 2.56. The Kier molecular flexibility index (Phi) is 2.86. The van der Waals surface area contributed by atoms with Crippen molar-refractivity contribution in [3.05, 3.63) is 84.4 Å². The van der Waals surface area contributed by atoms with Gasteiger partial charge in [0.2, 0.25) is 0 Å². The van der Waals surface area contributed by atoms with Gasteiger partial charge in [0, 0.05) is 29.6 Å². The lowest BCUT2D eigenvalue weighted by Crippen LogP contribution is -1.97. The first kappa shape index (κ1) is 12.0. The molecular formula is C19H14N2. The summed E-state index contributed by atoms with van der Waals surface area (Å²) in [7, 11) is 0. The van der Waals surface area contributed by atoms with Crippen LogP contribution in [0.15, 0.2) is 73.1 Å². The van der Waals surface area contributed by atoms with Gasteiger partial charge in [-0.3, -0.25) is 9.97 Å². The summed E-state index contributed by atoms with van der Waals surface area (Å²) in [5, 5.41) is 4.86. The van der Waals surface area contributed by atoms with Crippen molar-refractivity contribution in [2.75, 3.05) is 0 Å². The zero-order valence-corrected chi connectivity index (χ0v) is 11.5. The Balaban J connectivity index is 1.87. The topological polar surface area (TPSA) is 25.8 Å². The number of benzene rings is 2. The van der Waals surface area contributed by atoms with Crippen LogP contribution in [0, 0.1) is 0 Å². The van der Waals surface area contributed by atoms with Gasteiger partial charge in [0.05, 0.1) is 11.4 Å². The largest absolute Gasteiger partial charge is 0.260 e. The molecule has 0 saturated carbocycles. The highest BCUT2D eigenvalue weighted by Crippen LogP contribution is 2.22. The van der Waals surface area contributed by atoms with Crippen molar-refractivity contribution in [2.24, 2.45) is 0 Å². The SMILES string of the molecule is c1ccc2c(Cc3nccc4ccccc34)nccc2c1. The highest BCUT2D eigenvalue weighted by molar-refractivity contribution is 5.87. The van der Waals surface area contributed by atoms with Crippen LogP contribution < -0.4 is 0 Å². The summed E-state index contributed by atoms with van der Waals surface area (Å²) in [5.74, 6) is 0. The van der Waals surface area contributed by atoms with E-state index in [1.54, 1.807) is 0 Å². The predicted octanol–water partition coefficient (Wildman–Crippen LogP) is 4.37. The lowest BCUT2D eigenvalue weighted by Gasteiger charge is -2.07. The molecule has 2 aromatic heterocycles. The molecule has 4 rings (SSSR count). The number of rotatable bonds is 2. The third-order valence-corrected chi connectivity index (χ3v) is 3.85. The van der Waals surface area contributed by atoms with Gasteiger partial charge >= 0.3 is 0 Å². The second-order valence-electron chi connectivity index (χ2n) is 5.13. The van der Waals surface area contributed by atoms with Crippen molar-refractivity contribution >= 4 is 21.5 Å². The zero-order chi connectivity index (χ0) is 14.1. The molecule has 21 heavy (non-hydrogen) atoms. The van der Waals surface area contributed by atoms with Crippen LogP contribution in [-0.4, -0.2) is 9.97 Å². The minimum atomic E-state index is 0.753. The molecule has 0 bridgehead atoms. The van der Waals surface area contributed by atoms with Crippen LogP contribution >= 0.6 is 0 Å². The van der Waals surface area contributed by atoms with Crippen LogP contribution in [0.25, 0.3) is 21.5 Å². The fourth-order valence-electron chi connectivity index (χ4n) is 2.80. The van der Waals surface area contributed by atoms with Crippen molar-refractivity contribution < 1.29 is 0 Å². The first-order chi connectivity index (χ1) is 10.4. The van der Waals surface area contributed by atoms with E-state index in [-0.39, 0.29) is 0 Å².